The van der Waals surface area contributed by atoms with Crippen LogP contribution in [0, 0.1) is 20.8 Å². The lowest BCUT2D eigenvalue weighted by Crippen LogP contribution is -2.60. The van der Waals surface area contributed by atoms with Crippen LogP contribution in [0.4, 0.5) is 0 Å². The average Bonchev–Trinajstić information content (AvgIpc) is 3.88. The first-order valence-electron chi connectivity index (χ1n) is 21.1. The molecule has 3 aliphatic heterocycles. The maximum atomic E-state index is 2.72. The number of benzene rings is 9. The van der Waals surface area contributed by atoms with Gasteiger partial charge in [-0.05, 0) is 105 Å². The van der Waals surface area contributed by atoms with E-state index in [1.807, 2.05) is 0 Å². The van der Waals surface area contributed by atoms with Crippen molar-refractivity contribution in [3.8, 4) is 33.6 Å². The summed E-state index contributed by atoms with van der Waals surface area (Å²) in [6.45, 7) is 6.84. The van der Waals surface area contributed by atoms with E-state index >= 15 is 0 Å². The maximum absolute atomic E-state index is 2.72. The zero-order valence-electron chi connectivity index (χ0n) is 33.0. The molecule has 0 atom stereocenters. The molecule has 15 rings (SSSR count). The summed E-state index contributed by atoms with van der Waals surface area (Å²) in [5.41, 5.74) is 26.3. The van der Waals surface area contributed by atoms with Gasteiger partial charge in [-0.25, -0.2) is 0 Å². The number of hydrogen-bond acceptors (Lipinski definition) is 0. The molecule has 0 N–H and O–H groups in total. The van der Waals surface area contributed by atoms with E-state index in [-0.39, 0.29) is 6.71 Å². The molecule has 0 radical (unpaired) electrons. The van der Waals surface area contributed by atoms with Crippen molar-refractivity contribution in [3.05, 3.63) is 197 Å². The molecular weight excluding hydrogens is 711 g/mol. The first-order valence-corrected chi connectivity index (χ1v) is 21.1. The third kappa shape index (κ3) is 3.31. The summed E-state index contributed by atoms with van der Waals surface area (Å²) in [4.78, 5) is 0. The molecule has 4 aliphatic rings. The van der Waals surface area contributed by atoms with E-state index in [2.05, 4.69) is 188 Å². The molecule has 1 aliphatic carbocycles. The van der Waals surface area contributed by atoms with Crippen molar-refractivity contribution >= 4 is 77.5 Å². The molecule has 3 heteroatoms. The lowest BCUT2D eigenvalue weighted by molar-refractivity contribution is 0.748. The Bertz CT molecular complexity index is 3780. The second-order valence-electron chi connectivity index (χ2n) is 17.7. The Morgan fingerprint density at radius 2 is 0.966 bits per heavy atom. The molecule has 1 spiro atoms. The number of aromatic nitrogens is 2. The van der Waals surface area contributed by atoms with Gasteiger partial charge in [-0.3, -0.25) is 0 Å². The molecule has 0 amide bonds. The largest absolute Gasteiger partial charge is 0.310 e. The van der Waals surface area contributed by atoms with Crippen LogP contribution < -0.4 is 16.4 Å². The van der Waals surface area contributed by atoms with Crippen LogP contribution in [-0.2, 0) is 5.41 Å². The van der Waals surface area contributed by atoms with E-state index in [1.54, 1.807) is 0 Å². The van der Waals surface area contributed by atoms with E-state index in [0.717, 1.165) is 0 Å². The third-order valence-corrected chi connectivity index (χ3v) is 14.9. The van der Waals surface area contributed by atoms with E-state index in [9.17, 15) is 0 Å². The fourth-order valence-electron chi connectivity index (χ4n) is 12.8. The average molecular weight is 747 g/mol. The lowest BCUT2D eigenvalue weighted by Gasteiger charge is -2.44. The predicted octanol–water partition coefficient (Wildman–Crippen LogP) is 11.4. The molecule has 9 aromatic carbocycles. The Hall–Kier alpha value is -7.10. The Morgan fingerprint density at radius 3 is 1.69 bits per heavy atom. The quantitative estimate of drug-likeness (QED) is 0.148. The Kier molecular flexibility index (Phi) is 5.31. The van der Waals surface area contributed by atoms with Crippen molar-refractivity contribution < 1.29 is 0 Å². The minimum Gasteiger partial charge on any atom is -0.310 e. The molecule has 11 aromatic rings. The second-order valence-corrected chi connectivity index (χ2v) is 17.7. The Morgan fingerprint density at radius 1 is 0.390 bits per heavy atom. The van der Waals surface area contributed by atoms with E-state index in [4.69, 9.17) is 0 Å². The number of para-hydroxylation sites is 4. The minimum absolute atomic E-state index is 0.0467. The molecule has 0 saturated heterocycles. The highest BCUT2D eigenvalue weighted by atomic mass is 15.1. The van der Waals surface area contributed by atoms with Gasteiger partial charge in [-0.2, -0.15) is 0 Å². The smallest absolute Gasteiger partial charge is 0.252 e. The van der Waals surface area contributed by atoms with Gasteiger partial charge < -0.3 is 9.13 Å². The molecule has 5 heterocycles. The summed E-state index contributed by atoms with van der Waals surface area (Å²) in [7, 11) is 0. The van der Waals surface area contributed by atoms with Crippen molar-refractivity contribution in [1.29, 1.82) is 0 Å². The first kappa shape index (κ1) is 31.0. The van der Waals surface area contributed by atoms with Crippen molar-refractivity contribution in [2.45, 2.75) is 26.2 Å². The predicted molar refractivity (Wildman–Crippen MR) is 248 cm³/mol. The van der Waals surface area contributed by atoms with Crippen LogP contribution >= 0.6 is 0 Å². The zero-order valence-corrected chi connectivity index (χ0v) is 33.0. The summed E-state index contributed by atoms with van der Waals surface area (Å²) < 4.78 is 5.39. The van der Waals surface area contributed by atoms with Gasteiger partial charge in [0.2, 0.25) is 0 Å². The summed E-state index contributed by atoms with van der Waals surface area (Å²) in [6, 6.07) is 61.4. The molecule has 272 valence electrons. The van der Waals surface area contributed by atoms with E-state index < -0.39 is 5.41 Å². The van der Waals surface area contributed by atoms with Gasteiger partial charge in [0.05, 0.1) is 22.1 Å². The lowest BCUT2D eigenvalue weighted by atomic mass is 9.33. The topological polar surface area (TPSA) is 9.86 Å². The van der Waals surface area contributed by atoms with Gasteiger partial charge in [0.15, 0.2) is 0 Å². The number of fused-ring (bicyclic) bond motifs is 15. The maximum Gasteiger partial charge on any atom is 0.252 e. The van der Waals surface area contributed by atoms with Gasteiger partial charge in [-0.1, -0.05) is 157 Å². The van der Waals surface area contributed by atoms with E-state index in [1.165, 1.54) is 143 Å². The number of hydrogen-bond donors (Lipinski definition) is 0. The molecule has 0 fully saturated rings. The third-order valence-electron chi connectivity index (χ3n) is 14.9. The van der Waals surface area contributed by atoms with Crippen molar-refractivity contribution in [2.24, 2.45) is 0 Å². The highest BCUT2D eigenvalue weighted by Gasteiger charge is 2.55. The molecule has 2 aromatic heterocycles. The monoisotopic (exact) mass is 746 g/mol. The summed E-state index contributed by atoms with van der Waals surface area (Å²) in [5.74, 6) is 0. The molecule has 0 unspecified atom stereocenters. The minimum atomic E-state index is -0.542. The summed E-state index contributed by atoms with van der Waals surface area (Å²) in [6.07, 6.45) is 0. The highest BCUT2D eigenvalue weighted by molar-refractivity contribution is 7.00. The van der Waals surface area contributed by atoms with Crippen molar-refractivity contribution in [3.63, 3.8) is 0 Å². The van der Waals surface area contributed by atoms with Gasteiger partial charge in [0.25, 0.3) is 6.71 Å². The van der Waals surface area contributed by atoms with Crippen LogP contribution in [0.5, 0.6) is 0 Å². The molecule has 59 heavy (non-hydrogen) atoms. The fraction of sp³-hybridized carbons (Fsp3) is 0.0714. The fourth-order valence-corrected chi connectivity index (χ4v) is 12.8. The van der Waals surface area contributed by atoms with Crippen LogP contribution in [0.25, 0.3) is 88.0 Å². The van der Waals surface area contributed by atoms with Gasteiger partial charge in [0, 0.05) is 43.8 Å². The van der Waals surface area contributed by atoms with Gasteiger partial charge in [-0.15, -0.1) is 0 Å². The van der Waals surface area contributed by atoms with Crippen molar-refractivity contribution in [1.82, 2.24) is 9.13 Å². The number of aryl methyl sites for hydroxylation is 3. The summed E-state index contributed by atoms with van der Waals surface area (Å²) in [5, 5.41) is 7.91. The standard InChI is InChI=1S/C56H35BN2/c1-30-21-24-36-37-25-22-31(2)28-45(37)56(44(36)27-30)43-17-8-14-40-41-16-10-19-48-53(41)59(51(40)43)55-46(56)29-42(35-26-23-32(3)33-11-4-5-12-34(33)35)54-50(55)57(48)47-18-9-15-39-38-13-6-7-20-49(38)58(54)52(39)47/h4-29H,1-3H3. The van der Waals surface area contributed by atoms with Gasteiger partial charge >= 0.3 is 0 Å². The summed E-state index contributed by atoms with van der Waals surface area (Å²) >= 11 is 0. The SMILES string of the molecule is Cc1ccc2c(c1)C1(c3cc(C)ccc3-2)c2cc(-c3ccc(C)c4ccccc34)c3c4c2-n2c5c(cccc5c5cccc1c52)B4c1cccc2c4ccccc4n-3c12. The van der Waals surface area contributed by atoms with Crippen LogP contribution in [0.1, 0.15) is 38.9 Å². The molecular formula is C56H35BN2. The molecule has 0 bridgehead atoms. The van der Waals surface area contributed by atoms with Gasteiger partial charge in [0.1, 0.15) is 0 Å². The number of rotatable bonds is 1. The normalized spacial score (nSPS) is 14.5. The van der Waals surface area contributed by atoms with Crippen LogP contribution in [0.15, 0.2) is 158 Å². The second kappa shape index (κ2) is 10.1. The number of nitrogens with zero attached hydrogens (tertiary/aromatic N) is 2. The first-order chi connectivity index (χ1) is 29.0. The van der Waals surface area contributed by atoms with Crippen molar-refractivity contribution in [2.75, 3.05) is 0 Å². The van der Waals surface area contributed by atoms with Crippen LogP contribution in [0.2, 0.25) is 0 Å². The zero-order chi connectivity index (χ0) is 38.6. The molecule has 0 saturated carbocycles. The molecule has 2 nitrogen and oxygen atoms in total. The highest BCUT2D eigenvalue weighted by Crippen LogP contribution is 2.62. The van der Waals surface area contributed by atoms with Crippen LogP contribution in [0.3, 0.4) is 0 Å². The van der Waals surface area contributed by atoms with Crippen LogP contribution in [-0.4, -0.2) is 15.8 Å². The van der Waals surface area contributed by atoms with E-state index in [0.29, 0.717) is 0 Å². The Balaban J connectivity index is 1.27. The Labute approximate surface area is 341 Å².